The van der Waals surface area contributed by atoms with E-state index < -0.39 is 10.0 Å². The number of rotatable bonds is 3. The molecule has 0 amide bonds. The fraction of sp³-hybridized carbons (Fsp3) is 0.167. The van der Waals surface area contributed by atoms with Crippen LogP contribution in [-0.4, -0.2) is 18.0 Å². The summed E-state index contributed by atoms with van der Waals surface area (Å²) >= 11 is 0. The minimum atomic E-state index is -3.70. The molecule has 1 heterocycles. The van der Waals surface area contributed by atoms with Gasteiger partial charge in [0.25, 0.3) is 10.0 Å². The molecule has 7 heteroatoms. The highest BCUT2D eigenvalue weighted by Gasteiger charge is 2.18. The van der Waals surface area contributed by atoms with Crippen LogP contribution in [0.1, 0.15) is 11.4 Å². The molecule has 19 heavy (non-hydrogen) atoms. The molecule has 0 aliphatic heterocycles. The number of anilines is 1. The van der Waals surface area contributed by atoms with Crippen molar-refractivity contribution >= 4 is 15.7 Å². The van der Waals surface area contributed by atoms with Gasteiger partial charge in [-0.05, 0) is 31.2 Å². The lowest BCUT2D eigenvalue weighted by Gasteiger charge is -2.05. The third-order valence-electron chi connectivity index (χ3n) is 2.63. The minimum Gasteiger partial charge on any atom is -0.337 e. The van der Waals surface area contributed by atoms with Gasteiger partial charge >= 0.3 is 0 Å². The quantitative estimate of drug-likeness (QED) is 0.917. The topological polar surface area (TPSA) is 87.8 Å². The molecule has 0 saturated heterocycles. The summed E-state index contributed by atoms with van der Waals surface area (Å²) < 4.78 is 28.2. The van der Waals surface area contributed by atoms with Crippen molar-refractivity contribution in [1.29, 1.82) is 5.26 Å². The molecule has 0 aliphatic rings. The maximum Gasteiger partial charge on any atom is 0.280 e. The Labute approximate surface area is 111 Å². The Hall–Kier alpha value is -2.33. The summed E-state index contributed by atoms with van der Waals surface area (Å²) in [5.41, 5.74) is 0.860. The second kappa shape index (κ2) is 4.74. The van der Waals surface area contributed by atoms with E-state index in [1.165, 1.54) is 18.3 Å². The number of benzene rings is 1. The van der Waals surface area contributed by atoms with Gasteiger partial charge in [-0.3, -0.25) is 4.72 Å². The van der Waals surface area contributed by atoms with Gasteiger partial charge in [0.05, 0.1) is 11.6 Å². The van der Waals surface area contributed by atoms with E-state index in [0.717, 1.165) is 0 Å². The van der Waals surface area contributed by atoms with Crippen molar-refractivity contribution in [2.45, 2.75) is 11.9 Å². The zero-order valence-electron chi connectivity index (χ0n) is 10.5. The Morgan fingerprint density at radius 1 is 1.32 bits per heavy atom. The molecule has 0 unspecified atom stereocenters. The Balaban J connectivity index is 2.28. The van der Waals surface area contributed by atoms with E-state index in [9.17, 15) is 8.42 Å². The highest BCUT2D eigenvalue weighted by molar-refractivity contribution is 7.92. The third kappa shape index (κ3) is 2.74. The van der Waals surface area contributed by atoms with Crippen LogP contribution in [0.4, 0.5) is 5.69 Å². The van der Waals surface area contributed by atoms with Crippen LogP contribution < -0.4 is 4.72 Å². The van der Waals surface area contributed by atoms with Gasteiger partial charge in [-0.1, -0.05) is 0 Å². The number of nitrogens with zero attached hydrogens (tertiary/aromatic N) is 3. The van der Waals surface area contributed by atoms with E-state index >= 15 is 0 Å². The monoisotopic (exact) mass is 276 g/mol. The molecule has 1 aromatic heterocycles. The van der Waals surface area contributed by atoms with Gasteiger partial charge in [-0.25, -0.2) is 4.98 Å². The molecule has 1 aromatic carbocycles. The fourth-order valence-electron chi connectivity index (χ4n) is 1.48. The normalized spacial score (nSPS) is 11.0. The van der Waals surface area contributed by atoms with Crippen molar-refractivity contribution in [3.8, 4) is 6.07 Å². The molecule has 98 valence electrons. The second-order valence-electron chi connectivity index (χ2n) is 4.03. The van der Waals surface area contributed by atoms with E-state index in [1.807, 2.05) is 6.07 Å². The first-order chi connectivity index (χ1) is 8.92. The minimum absolute atomic E-state index is 0.0307. The molecule has 0 radical (unpaired) electrons. The average Bonchev–Trinajstić information content (AvgIpc) is 2.71. The number of sulfonamides is 1. The van der Waals surface area contributed by atoms with E-state index in [0.29, 0.717) is 17.1 Å². The lowest BCUT2D eigenvalue weighted by atomic mass is 10.2. The van der Waals surface area contributed by atoms with Gasteiger partial charge in [-0.15, -0.1) is 0 Å². The van der Waals surface area contributed by atoms with Gasteiger partial charge in [0.2, 0.25) is 0 Å². The Morgan fingerprint density at radius 3 is 2.42 bits per heavy atom. The summed E-state index contributed by atoms with van der Waals surface area (Å²) in [6, 6.07) is 8.12. The number of hydrogen-bond donors (Lipinski definition) is 1. The maximum atomic E-state index is 12.1. The molecule has 0 aliphatic carbocycles. The molecule has 2 rings (SSSR count). The molecule has 6 nitrogen and oxygen atoms in total. The standard InChI is InChI=1S/C12H12N4O2S/c1-9-14-12(8-16(9)2)19(17,18)15-11-5-3-10(7-13)4-6-11/h3-6,8,15H,1-2H3. The van der Waals surface area contributed by atoms with E-state index in [-0.39, 0.29) is 5.03 Å². The summed E-state index contributed by atoms with van der Waals surface area (Å²) in [5, 5.41) is 8.64. The van der Waals surface area contributed by atoms with Crippen LogP contribution in [0.5, 0.6) is 0 Å². The number of nitriles is 1. The van der Waals surface area contributed by atoms with Crippen LogP contribution in [0, 0.1) is 18.3 Å². The lowest BCUT2D eigenvalue weighted by molar-refractivity contribution is 0.598. The Bertz CT molecular complexity index is 720. The van der Waals surface area contributed by atoms with Crippen LogP contribution in [0.2, 0.25) is 0 Å². The van der Waals surface area contributed by atoms with E-state index in [4.69, 9.17) is 5.26 Å². The SMILES string of the molecule is Cc1nc(S(=O)(=O)Nc2ccc(C#N)cc2)cn1C. The highest BCUT2D eigenvalue weighted by atomic mass is 32.2. The van der Waals surface area contributed by atoms with Gasteiger partial charge in [0.15, 0.2) is 5.03 Å². The van der Waals surface area contributed by atoms with Gasteiger partial charge < -0.3 is 4.57 Å². The zero-order chi connectivity index (χ0) is 14.0. The first-order valence-electron chi connectivity index (χ1n) is 5.45. The highest BCUT2D eigenvalue weighted by Crippen LogP contribution is 2.15. The van der Waals surface area contributed by atoms with Crippen LogP contribution in [0.3, 0.4) is 0 Å². The molecule has 0 fully saturated rings. The van der Waals surface area contributed by atoms with Crippen molar-refractivity contribution in [3.05, 3.63) is 41.9 Å². The summed E-state index contributed by atoms with van der Waals surface area (Å²) in [7, 11) is -1.97. The molecule has 0 bridgehead atoms. The van der Waals surface area contributed by atoms with Crippen LogP contribution in [0.15, 0.2) is 35.5 Å². The largest absolute Gasteiger partial charge is 0.337 e. The van der Waals surface area contributed by atoms with Gasteiger partial charge in [0.1, 0.15) is 5.82 Å². The van der Waals surface area contributed by atoms with Crippen LogP contribution in [-0.2, 0) is 17.1 Å². The molecule has 2 aromatic rings. The lowest BCUT2D eigenvalue weighted by Crippen LogP contribution is -2.13. The van der Waals surface area contributed by atoms with E-state index in [2.05, 4.69) is 9.71 Å². The van der Waals surface area contributed by atoms with Crippen LogP contribution >= 0.6 is 0 Å². The maximum absolute atomic E-state index is 12.1. The van der Waals surface area contributed by atoms with Gasteiger partial charge in [-0.2, -0.15) is 13.7 Å². The smallest absolute Gasteiger partial charge is 0.280 e. The predicted octanol–water partition coefficient (Wildman–Crippen LogP) is 1.40. The first-order valence-corrected chi connectivity index (χ1v) is 6.93. The van der Waals surface area contributed by atoms with Crippen molar-refractivity contribution in [1.82, 2.24) is 9.55 Å². The summed E-state index contributed by atoms with van der Waals surface area (Å²) in [6.07, 6.45) is 1.45. The molecule has 0 saturated carbocycles. The van der Waals surface area contributed by atoms with Crippen molar-refractivity contribution in [2.24, 2.45) is 7.05 Å². The number of imidazole rings is 1. The zero-order valence-corrected chi connectivity index (χ0v) is 11.3. The molecular formula is C12H12N4O2S. The summed E-state index contributed by atoms with van der Waals surface area (Å²) in [4.78, 5) is 3.97. The number of aryl methyl sites for hydroxylation is 2. The second-order valence-corrected chi connectivity index (χ2v) is 5.66. The van der Waals surface area contributed by atoms with Crippen molar-refractivity contribution < 1.29 is 8.42 Å². The molecule has 1 N–H and O–H groups in total. The predicted molar refractivity (Wildman–Crippen MR) is 69.9 cm³/mol. The van der Waals surface area contributed by atoms with E-state index in [1.54, 1.807) is 30.7 Å². The van der Waals surface area contributed by atoms with Crippen molar-refractivity contribution in [2.75, 3.05) is 4.72 Å². The Morgan fingerprint density at radius 2 is 1.95 bits per heavy atom. The molecule has 0 atom stereocenters. The van der Waals surface area contributed by atoms with Crippen LogP contribution in [0.25, 0.3) is 0 Å². The Kier molecular flexibility index (Phi) is 3.27. The average molecular weight is 276 g/mol. The third-order valence-corrected chi connectivity index (χ3v) is 3.88. The fourth-order valence-corrected chi connectivity index (χ4v) is 2.58. The number of aromatic nitrogens is 2. The molecular weight excluding hydrogens is 264 g/mol. The summed E-state index contributed by atoms with van der Waals surface area (Å²) in [5.74, 6) is 0.611. The number of nitrogens with one attached hydrogen (secondary N) is 1. The number of hydrogen-bond acceptors (Lipinski definition) is 4. The molecule has 0 spiro atoms. The van der Waals surface area contributed by atoms with Gasteiger partial charge in [0, 0.05) is 18.9 Å². The summed E-state index contributed by atoms with van der Waals surface area (Å²) in [6.45, 7) is 1.72. The van der Waals surface area contributed by atoms with Crippen molar-refractivity contribution in [3.63, 3.8) is 0 Å². The first kappa shape index (κ1) is 13.1.